The van der Waals surface area contributed by atoms with Crippen LogP contribution >= 0.6 is 11.3 Å². The first kappa shape index (κ1) is 19.3. The SMILES string of the molecule is Cc1ccc(S(=O)(=O)n2c3ccccc3c3c(-c4ccsc4)c4ccccc4cc32)cc1. The molecule has 0 amide bonds. The van der Waals surface area contributed by atoms with Gasteiger partial charge in [-0.15, -0.1) is 0 Å². The van der Waals surface area contributed by atoms with Crippen LogP contribution in [0.4, 0.5) is 0 Å². The normalized spacial score (nSPS) is 12.2. The molecule has 4 aromatic carbocycles. The fraction of sp³-hybridized carbons (Fsp3) is 0.0370. The second-order valence-corrected chi connectivity index (χ2v) is 10.5. The lowest BCUT2D eigenvalue weighted by Gasteiger charge is -2.12. The molecule has 6 rings (SSSR count). The summed E-state index contributed by atoms with van der Waals surface area (Å²) in [6.45, 7) is 1.95. The Morgan fingerprint density at radius 2 is 1.50 bits per heavy atom. The lowest BCUT2D eigenvalue weighted by Crippen LogP contribution is -2.12. The topological polar surface area (TPSA) is 39.1 Å². The Labute approximate surface area is 190 Å². The van der Waals surface area contributed by atoms with E-state index in [1.807, 2.05) is 67.6 Å². The van der Waals surface area contributed by atoms with E-state index in [2.05, 4.69) is 22.9 Å². The molecular weight excluding hydrogens is 434 g/mol. The van der Waals surface area contributed by atoms with Gasteiger partial charge in [-0.05, 0) is 64.4 Å². The van der Waals surface area contributed by atoms with Gasteiger partial charge in [0, 0.05) is 16.3 Å². The van der Waals surface area contributed by atoms with Crippen molar-refractivity contribution in [1.82, 2.24) is 3.97 Å². The molecule has 0 saturated heterocycles. The van der Waals surface area contributed by atoms with Crippen LogP contribution in [0.5, 0.6) is 0 Å². The van der Waals surface area contributed by atoms with Crippen LogP contribution in [0.1, 0.15) is 5.56 Å². The molecule has 0 unspecified atom stereocenters. The standard InChI is InChI=1S/C27H19NO2S2/c1-18-10-12-21(13-11-18)32(29,30)28-24-9-5-4-8-23(24)27-25(28)16-19-6-2-3-7-22(19)26(27)20-14-15-31-17-20/h2-17H,1H3. The highest BCUT2D eigenvalue weighted by molar-refractivity contribution is 7.90. The van der Waals surface area contributed by atoms with E-state index in [1.165, 1.54) is 3.97 Å². The number of nitrogens with zero attached hydrogens (tertiary/aromatic N) is 1. The van der Waals surface area contributed by atoms with Crippen LogP contribution in [-0.2, 0) is 10.0 Å². The molecule has 3 nitrogen and oxygen atoms in total. The van der Waals surface area contributed by atoms with Gasteiger partial charge in [-0.3, -0.25) is 0 Å². The van der Waals surface area contributed by atoms with Gasteiger partial charge in [0.05, 0.1) is 15.9 Å². The van der Waals surface area contributed by atoms with Crippen LogP contribution in [0, 0.1) is 6.92 Å². The van der Waals surface area contributed by atoms with Crippen molar-refractivity contribution in [1.29, 1.82) is 0 Å². The van der Waals surface area contributed by atoms with Crippen LogP contribution in [0.15, 0.2) is 101 Å². The maximum Gasteiger partial charge on any atom is 0.268 e. The van der Waals surface area contributed by atoms with Crippen molar-refractivity contribution in [2.24, 2.45) is 0 Å². The summed E-state index contributed by atoms with van der Waals surface area (Å²) in [4.78, 5) is 0.288. The Balaban J connectivity index is 1.85. The highest BCUT2D eigenvalue weighted by Crippen LogP contribution is 2.43. The molecule has 5 heteroatoms. The predicted molar refractivity (Wildman–Crippen MR) is 134 cm³/mol. The van der Waals surface area contributed by atoms with Crippen LogP contribution in [0.2, 0.25) is 0 Å². The molecular formula is C27H19NO2S2. The molecule has 0 saturated carbocycles. The number of rotatable bonds is 3. The number of hydrogen-bond donors (Lipinski definition) is 0. The van der Waals surface area contributed by atoms with Gasteiger partial charge >= 0.3 is 0 Å². The third kappa shape index (κ3) is 2.75. The molecule has 0 aliphatic rings. The maximum atomic E-state index is 13.9. The first-order chi connectivity index (χ1) is 15.6. The molecule has 0 N–H and O–H groups in total. The quantitative estimate of drug-likeness (QED) is 0.284. The molecule has 0 bridgehead atoms. The number of aromatic nitrogens is 1. The zero-order chi connectivity index (χ0) is 21.9. The highest BCUT2D eigenvalue weighted by Gasteiger charge is 2.25. The number of thiophene rings is 1. The Hall–Kier alpha value is -3.41. The average molecular weight is 454 g/mol. The molecule has 6 aromatic rings. The van der Waals surface area contributed by atoms with Gasteiger partial charge in [-0.1, -0.05) is 60.2 Å². The molecule has 0 atom stereocenters. The Morgan fingerprint density at radius 1 is 0.781 bits per heavy atom. The van der Waals surface area contributed by atoms with Crippen molar-refractivity contribution in [3.8, 4) is 11.1 Å². The van der Waals surface area contributed by atoms with Crippen molar-refractivity contribution < 1.29 is 8.42 Å². The Kier molecular flexibility index (Phi) is 4.25. The van der Waals surface area contributed by atoms with E-state index in [0.29, 0.717) is 11.0 Å². The first-order valence-electron chi connectivity index (χ1n) is 10.4. The van der Waals surface area contributed by atoms with Crippen LogP contribution in [-0.4, -0.2) is 12.4 Å². The summed E-state index contributed by atoms with van der Waals surface area (Å²) in [5, 5.41) is 8.23. The average Bonchev–Trinajstić information content (AvgIpc) is 3.44. The van der Waals surface area contributed by atoms with E-state index >= 15 is 0 Å². The van der Waals surface area contributed by atoms with Crippen molar-refractivity contribution in [2.75, 3.05) is 0 Å². The highest BCUT2D eigenvalue weighted by atomic mass is 32.2. The Bertz CT molecular complexity index is 1730. The summed E-state index contributed by atoms with van der Waals surface area (Å²) in [5.41, 5.74) is 4.60. The fourth-order valence-electron chi connectivity index (χ4n) is 4.54. The molecule has 156 valence electrons. The first-order valence-corrected chi connectivity index (χ1v) is 12.7. The molecule has 0 aliphatic heterocycles. The largest absolute Gasteiger partial charge is 0.268 e. The molecule has 0 spiro atoms. The minimum absolute atomic E-state index is 0.288. The van der Waals surface area contributed by atoms with Gasteiger partial charge in [-0.2, -0.15) is 11.3 Å². The van der Waals surface area contributed by atoms with Crippen molar-refractivity contribution in [3.05, 3.63) is 101 Å². The molecule has 2 heterocycles. The van der Waals surface area contributed by atoms with E-state index in [-0.39, 0.29) is 4.90 Å². The third-order valence-electron chi connectivity index (χ3n) is 6.01. The summed E-state index contributed by atoms with van der Waals surface area (Å²) in [6, 6.07) is 27.1. The summed E-state index contributed by atoms with van der Waals surface area (Å²) in [7, 11) is -3.80. The lowest BCUT2D eigenvalue weighted by atomic mass is 9.95. The van der Waals surface area contributed by atoms with E-state index in [0.717, 1.165) is 38.2 Å². The van der Waals surface area contributed by atoms with Crippen molar-refractivity contribution in [2.45, 2.75) is 11.8 Å². The number of para-hydroxylation sites is 1. The molecule has 32 heavy (non-hydrogen) atoms. The van der Waals surface area contributed by atoms with Crippen molar-refractivity contribution >= 4 is 53.9 Å². The molecule has 2 aromatic heterocycles. The van der Waals surface area contributed by atoms with E-state index < -0.39 is 10.0 Å². The van der Waals surface area contributed by atoms with Gasteiger partial charge in [0.25, 0.3) is 10.0 Å². The minimum atomic E-state index is -3.80. The van der Waals surface area contributed by atoms with Gasteiger partial charge < -0.3 is 0 Å². The van der Waals surface area contributed by atoms with Crippen molar-refractivity contribution in [3.63, 3.8) is 0 Å². The van der Waals surface area contributed by atoms with E-state index in [9.17, 15) is 8.42 Å². The monoisotopic (exact) mass is 453 g/mol. The number of aryl methyl sites for hydroxylation is 1. The Morgan fingerprint density at radius 3 is 2.25 bits per heavy atom. The number of fused-ring (bicyclic) bond motifs is 4. The third-order valence-corrected chi connectivity index (χ3v) is 8.43. The van der Waals surface area contributed by atoms with Crippen LogP contribution in [0.25, 0.3) is 43.7 Å². The van der Waals surface area contributed by atoms with Gasteiger partial charge in [0.2, 0.25) is 0 Å². The molecule has 0 radical (unpaired) electrons. The second-order valence-electron chi connectivity index (χ2n) is 7.98. The summed E-state index contributed by atoms with van der Waals surface area (Å²) >= 11 is 1.64. The van der Waals surface area contributed by atoms with Crippen LogP contribution < -0.4 is 0 Å². The number of benzene rings is 4. The summed E-state index contributed by atoms with van der Waals surface area (Å²) < 4.78 is 29.4. The maximum absolute atomic E-state index is 13.9. The van der Waals surface area contributed by atoms with E-state index in [4.69, 9.17) is 0 Å². The van der Waals surface area contributed by atoms with Gasteiger partial charge in [-0.25, -0.2) is 12.4 Å². The number of hydrogen-bond acceptors (Lipinski definition) is 3. The second kappa shape index (κ2) is 7.05. The smallest absolute Gasteiger partial charge is 0.233 e. The zero-order valence-corrected chi connectivity index (χ0v) is 19.0. The molecule has 0 aliphatic carbocycles. The van der Waals surface area contributed by atoms with Gasteiger partial charge in [0.15, 0.2) is 0 Å². The molecule has 0 fully saturated rings. The fourth-order valence-corrected chi connectivity index (χ4v) is 6.70. The summed E-state index contributed by atoms with van der Waals surface area (Å²) in [6.07, 6.45) is 0. The zero-order valence-electron chi connectivity index (χ0n) is 17.3. The van der Waals surface area contributed by atoms with Crippen LogP contribution in [0.3, 0.4) is 0 Å². The van der Waals surface area contributed by atoms with Gasteiger partial charge in [0.1, 0.15) is 0 Å². The minimum Gasteiger partial charge on any atom is -0.233 e. The summed E-state index contributed by atoms with van der Waals surface area (Å²) in [5.74, 6) is 0. The lowest BCUT2D eigenvalue weighted by molar-refractivity contribution is 0.590. The van der Waals surface area contributed by atoms with E-state index in [1.54, 1.807) is 23.5 Å². The predicted octanol–water partition coefficient (Wildman–Crippen LogP) is 7.22.